The van der Waals surface area contributed by atoms with Crippen LogP contribution in [0.25, 0.3) is 0 Å². The van der Waals surface area contributed by atoms with E-state index in [4.69, 9.17) is 11.6 Å². The summed E-state index contributed by atoms with van der Waals surface area (Å²) in [6.45, 7) is 0. The summed E-state index contributed by atoms with van der Waals surface area (Å²) in [7, 11) is 0. The maximum absolute atomic E-state index is 13.0. The largest absolute Gasteiger partial charge is 0.290 e. The molecular weight excluding hydrogens is 428 g/mol. The number of Topliss-reactive ketones (excluding diaryl/α,β-unsaturated/α-hetero) is 1. The van der Waals surface area contributed by atoms with Crippen LogP contribution in [0, 0.1) is 20.2 Å². The number of ketones is 1. The predicted octanol–water partition coefficient (Wildman–Crippen LogP) is 5.61. The second-order valence-electron chi connectivity index (χ2n) is 6.30. The van der Waals surface area contributed by atoms with Crippen LogP contribution in [-0.2, 0) is 0 Å². The number of nitro groups is 2. The van der Waals surface area contributed by atoms with E-state index in [0.717, 1.165) is 11.8 Å². The van der Waals surface area contributed by atoms with Crippen LogP contribution < -0.4 is 0 Å². The number of hydrogen-bond acceptors (Lipinski definition) is 6. The smallest absolute Gasteiger partial charge is 0.286 e. The third-order valence-electron chi connectivity index (χ3n) is 4.35. The third kappa shape index (κ3) is 5.03. The summed E-state index contributed by atoms with van der Waals surface area (Å²) in [5.41, 5.74) is 0.524. The quantitative estimate of drug-likeness (QED) is 0.194. The van der Waals surface area contributed by atoms with E-state index < -0.39 is 26.9 Å². The van der Waals surface area contributed by atoms with Crippen LogP contribution in [0.15, 0.2) is 83.8 Å². The summed E-state index contributed by atoms with van der Waals surface area (Å²) in [5.74, 6) is -0.634. The highest BCUT2D eigenvalue weighted by atomic mass is 35.5. The van der Waals surface area contributed by atoms with Crippen LogP contribution in [0.4, 0.5) is 5.69 Å². The zero-order valence-corrected chi connectivity index (χ0v) is 17.0. The second-order valence-corrected chi connectivity index (χ2v) is 7.95. The molecule has 0 radical (unpaired) electrons. The fourth-order valence-corrected chi connectivity index (χ4v) is 4.23. The van der Waals surface area contributed by atoms with Crippen molar-refractivity contribution < 1.29 is 14.6 Å². The highest BCUT2D eigenvalue weighted by Gasteiger charge is 2.41. The monoisotopic (exact) mass is 442 g/mol. The van der Waals surface area contributed by atoms with Crippen LogP contribution in [0.2, 0.25) is 5.02 Å². The fraction of sp³-hybridized carbons (Fsp3) is 0.0952. The number of carbonyl (C=O) groups excluding carboxylic acids is 1. The van der Waals surface area contributed by atoms with Crippen molar-refractivity contribution in [3.05, 3.63) is 115 Å². The average molecular weight is 443 g/mol. The number of hydrogen-bond donors (Lipinski definition) is 0. The van der Waals surface area contributed by atoms with Gasteiger partial charge in [0.2, 0.25) is 5.78 Å². The number of nitrogens with zero attached hydrogens (tertiary/aromatic N) is 2. The summed E-state index contributed by atoms with van der Waals surface area (Å²) in [6.07, 6.45) is 0. The van der Waals surface area contributed by atoms with Crippen molar-refractivity contribution in [1.82, 2.24) is 0 Å². The summed E-state index contributed by atoms with van der Waals surface area (Å²) >= 11 is 7.05. The molecule has 0 aliphatic rings. The molecule has 0 amide bonds. The third-order valence-corrected chi connectivity index (χ3v) is 5.93. The van der Waals surface area contributed by atoms with Gasteiger partial charge in [0, 0.05) is 32.5 Å². The SMILES string of the molecule is O=C(c1ccccc1)C(C(Sc1ccc(Cl)cc1)c1ccc([N+](=O)[O-])cc1)[N+](=O)[O-]. The van der Waals surface area contributed by atoms with E-state index in [1.165, 1.54) is 36.4 Å². The van der Waals surface area contributed by atoms with Gasteiger partial charge in [-0.3, -0.25) is 25.0 Å². The van der Waals surface area contributed by atoms with Gasteiger partial charge in [0.25, 0.3) is 11.7 Å². The van der Waals surface area contributed by atoms with E-state index in [2.05, 4.69) is 0 Å². The van der Waals surface area contributed by atoms with Crippen molar-refractivity contribution in [2.45, 2.75) is 16.2 Å². The first-order chi connectivity index (χ1) is 14.4. The Kier molecular flexibility index (Phi) is 6.81. The second kappa shape index (κ2) is 9.51. The van der Waals surface area contributed by atoms with Gasteiger partial charge in [0.1, 0.15) is 5.25 Å². The van der Waals surface area contributed by atoms with Gasteiger partial charge in [0.15, 0.2) is 0 Å². The van der Waals surface area contributed by atoms with Crippen molar-refractivity contribution in [1.29, 1.82) is 0 Å². The molecule has 0 heterocycles. The van der Waals surface area contributed by atoms with Gasteiger partial charge in [-0.2, -0.15) is 0 Å². The van der Waals surface area contributed by atoms with Crippen LogP contribution in [0.3, 0.4) is 0 Å². The first kappa shape index (κ1) is 21.5. The lowest BCUT2D eigenvalue weighted by Crippen LogP contribution is -2.34. The molecule has 152 valence electrons. The molecule has 0 N–H and O–H groups in total. The zero-order chi connectivity index (χ0) is 21.7. The normalized spacial score (nSPS) is 12.7. The van der Waals surface area contributed by atoms with E-state index in [1.54, 1.807) is 42.5 Å². The van der Waals surface area contributed by atoms with Crippen molar-refractivity contribution in [3.63, 3.8) is 0 Å². The molecule has 2 unspecified atom stereocenters. The molecule has 0 aromatic heterocycles. The molecule has 0 spiro atoms. The van der Waals surface area contributed by atoms with E-state index in [1.807, 2.05) is 0 Å². The Morgan fingerprint density at radius 2 is 1.47 bits per heavy atom. The van der Waals surface area contributed by atoms with Crippen molar-refractivity contribution in [2.75, 3.05) is 0 Å². The molecule has 3 aromatic rings. The van der Waals surface area contributed by atoms with Crippen molar-refractivity contribution >= 4 is 34.8 Å². The highest BCUT2D eigenvalue weighted by molar-refractivity contribution is 7.99. The maximum Gasteiger partial charge on any atom is 0.290 e. The molecule has 0 saturated heterocycles. The molecule has 0 fully saturated rings. The Hall–Kier alpha value is -3.23. The number of thioether (sulfide) groups is 1. The number of rotatable bonds is 8. The Labute approximate surface area is 181 Å². The molecule has 0 aliphatic heterocycles. The molecular formula is C21H15ClN2O5S. The minimum atomic E-state index is -1.59. The maximum atomic E-state index is 13.0. The van der Waals surface area contributed by atoms with Crippen LogP contribution >= 0.6 is 23.4 Å². The Bertz CT molecular complexity index is 1060. The Balaban J connectivity index is 2.05. The molecule has 2 atom stereocenters. The lowest BCUT2D eigenvalue weighted by molar-refractivity contribution is -0.505. The van der Waals surface area contributed by atoms with Gasteiger partial charge in [-0.05, 0) is 29.8 Å². The van der Waals surface area contributed by atoms with Crippen molar-refractivity contribution in [3.8, 4) is 0 Å². The lowest BCUT2D eigenvalue weighted by atomic mass is 9.97. The standard InChI is InChI=1S/C21H15ClN2O5S/c22-16-8-12-18(13-9-16)30-21(15-6-10-17(11-7-15)23(26)27)19(24(28)29)20(25)14-4-2-1-3-5-14/h1-13,19,21H. The molecule has 0 bridgehead atoms. The molecule has 0 aliphatic carbocycles. The molecule has 0 saturated carbocycles. The van der Waals surface area contributed by atoms with Crippen LogP contribution in [-0.4, -0.2) is 21.7 Å². The van der Waals surface area contributed by atoms with Gasteiger partial charge in [-0.15, -0.1) is 11.8 Å². The Morgan fingerprint density at radius 3 is 2.00 bits per heavy atom. The van der Waals surface area contributed by atoms with E-state index >= 15 is 0 Å². The number of halogens is 1. The first-order valence-corrected chi connectivity index (χ1v) is 10.0. The summed E-state index contributed by atoms with van der Waals surface area (Å²) in [6, 6.07) is 18.6. The minimum absolute atomic E-state index is 0.138. The zero-order valence-electron chi connectivity index (χ0n) is 15.4. The lowest BCUT2D eigenvalue weighted by Gasteiger charge is -2.20. The number of nitro benzene ring substituents is 1. The minimum Gasteiger partial charge on any atom is -0.286 e. The van der Waals surface area contributed by atoms with E-state index in [-0.39, 0.29) is 11.3 Å². The summed E-state index contributed by atoms with van der Waals surface area (Å²) < 4.78 is 0. The first-order valence-electron chi connectivity index (χ1n) is 8.76. The number of non-ortho nitro benzene ring substituents is 1. The van der Waals surface area contributed by atoms with Gasteiger partial charge < -0.3 is 0 Å². The Morgan fingerprint density at radius 1 is 0.867 bits per heavy atom. The van der Waals surface area contributed by atoms with Gasteiger partial charge >= 0.3 is 0 Å². The van der Waals surface area contributed by atoms with Gasteiger partial charge in [-0.25, -0.2) is 0 Å². The molecule has 7 nitrogen and oxygen atoms in total. The van der Waals surface area contributed by atoms with Gasteiger partial charge in [0.05, 0.1) is 4.92 Å². The molecule has 9 heteroatoms. The molecule has 30 heavy (non-hydrogen) atoms. The number of benzene rings is 3. The highest BCUT2D eigenvalue weighted by Crippen LogP contribution is 2.40. The summed E-state index contributed by atoms with van der Waals surface area (Å²) in [5, 5.41) is 22.6. The number of carbonyl (C=O) groups is 1. The van der Waals surface area contributed by atoms with E-state index in [0.29, 0.717) is 15.5 Å². The van der Waals surface area contributed by atoms with Crippen LogP contribution in [0.1, 0.15) is 21.2 Å². The molecule has 3 aromatic carbocycles. The fourth-order valence-electron chi connectivity index (χ4n) is 2.88. The van der Waals surface area contributed by atoms with Crippen LogP contribution in [0.5, 0.6) is 0 Å². The average Bonchev–Trinajstić information content (AvgIpc) is 2.75. The molecule has 3 rings (SSSR count). The van der Waals surface area contributed by atoms with Crippen molar-refractivity contribution in [2.24, 2.45) is 0 Å². The predicted molar refractivity (Wildman–Crippen MR) is 115 cm³/mol. The summed E-state index contributed by atoms with van der Waals surface area (Å²) in [4.78, 5) is 35.5. The van der Waals surface area contributed by atoms with E-state index in [9.17, 15) is 25.0 Å². The topological polar surface area (TPSA) is 103 Å². The van der Waals surface area contributed by atoms with Gasteiger partial charge in [-0.1, -0.05) is 54.1 Å².